The lowest BCUT2D eigenvalue weighted by atomic mass is 9.83. The van der Waals surface area contributed by atoms with Crippen LogP contribution in [0.3, 0.4) is 0 Å². The van der Waals surface area contributed by atoms with E-state index in [4.69, 9.17) is 0 Å². The van der Waals surface area contributed by atoms with E-state index in [0.29, 0.717) is 0 Å². The molecule has 0 amide bonds. The van der Waals surface area contributed by atoms with Crippen LogP contribution in [0.4, 0.5) is 0 Å². The zero-order valence-electron chi connectivity index (χ0n) is 8.76. The van der Waals surface area contributed by atoms with Crippen molar-refractivity contribution in [2.75, 3.05) is 33.2 Å². The molecule has 0 aromatic heterocycles. The van der Waals surface area contributed by atoms with Crippen molar-refractivity contribution in [1.82, 2.24) is 10.2 Å². The zero-order valence-corrected chi connectivity index (χ0v) is 8.76. The fraction of sp³-hybridized carbons (Fsp3) is 1.00. The molecule has 2 nitrogen and oxygen atoms in total. The smallest absolute Gasteiger partial charge is 0.00309 e. The maximum absolute atomic E-state index is 3.33. The fourth-order valence-electron chi connectivity index (χ4n) is 2.19. The molecule has 0 spiro atoms. The molecule has 1 N–H and O–H groups in total. The topological polar surface area (TPSA) is 15.3 Å². The van der Waals surface area contributed by atoms with Crippen LogP contribution < -0.4 is 5.32 Å². The molecular formula is C11H22N2. The van der Waals surface area contributed by atoms with E-state index in [1.165, 1.54) is 51.9 Å². The molecule has 0 unspecified atom stereocenters. The number of rotatable bonds is 5. The van der Waals surface area contributed by atoms with Gasteiger partial charge in [-0.05, 0) is 31.8 Å². The van der Waals surface area contributed by atoms with Crippen LogP contribution in [0.25, 0.3) is 0 Å². The summed E-state index contributed by atoms with van der Waals surface area (Å²) in [7, 11) is 2.27. The summed E-state index contributed by atoms with van der Waals surface area (Å²) in [5, 5.41) is 3.33. The van der Waals surface area contributed by atoms with E-state index >= 15 is 0 Å². The lowest BCUT2D eigenvalue weighted by Crippen LogP contribution is -2.47. The van der Waals surface area contributed by atoms with Crippen molar-refractivity contribution in [3.8, 4) is 0 Å². The minimum Gasteiger partial charge on any atom is -0.316 e. The molecule has 1 saturated carbocycles. The second kappa shape index (κ2) is 4.43. The van der Waals surface area contributed by atoms with Gasteiger partial charge in [0.1, 0.15) is 0 Å². The Morgan fingerprint density at radius 1 is 1.23 bits per heavy atom. The monoisotopic (exact) mass is 182 g/mol. The van der Waals surface area contributed by atoms with Gasteiger partial charge in [-0.15, -0.1) is 0 Å². The molecule has 2 heteroatoms. The highest BCUT2D eigenvalue weighted by Crippen LogP contribution is 2.29. The minimum atomic E-state index is 0.936. The average molecular weight is 182 g/mol. The highest BCUT2D eigenvalue weighted by Gasteiger charge is 2.20. The van der Waals surface area contributed by atoms with Crippen molar-refractivity contribution in [1.29, 1.82) is 0 Å². The molecule has 2 aliphatic rings. The third-order valence-electron chi connectivity index (χ3n) is 3.58. The third kappa shape index (κ3) is 2.68. The summed E-state index contributed by atoms with van der Waals surface area (Å²) in [6.45, 7) is 5.11. The number of hydrogen-bond donors (Lipinski definition) is 1. The van der Waals surface area contributed by atoms with Crippen LogP contribution >= 0.6 is 0 Å². The van der Waals surface area contributed by atoms with Gasteiger partial charge >= 0.3 is 0 Å². The Morgan fingerprint density at radius 3 is 2.46 bits per heavy atom. The summed E-state index contributed by atoms with van der Waals surface area (Å²) in [6.07, 6.45) is 5.93. The molecule has 0 aromatic rings. The van der Waals surface area contributed by atoms with Gasteiger partial charge in [-0.3, -0.25) is 0 Å². The van der Waals surface area contributed by atoms with E-state index in [2.05, 4.69) is 17.3 Å². The number of nitrogens with zero attached hydrogens (tertiary/aromatic N) is 1. The molecule has 0 aromatic carbocycles. The van der Waals surface area contributed by atoms with Crippen LogP contribution in [0.15, 0.2) is 0 Å². The van der Waals surface area contributed by atoms with Gasteiger partial charge in [-0.2, -0.15) is 0 Å². The van der Waals surface area contributed by atoms with E-state index in [1.54, 1.807) is 0 Å². The summed E-state index contributed by atoms with van der Waals surface area (Å²) >= 11 is 0. The maximum Gasteiger partial charge on any atom is 0.00309 e. The maximum atomic E-state index is 3.33. The SMILES string of the molecule is CN(CCC1CCC1)CC1CNC1. The normalized spacial score (nSPS) is 24.5. The molecule has 1 heterocycles. The van der Waals surface area contributed by atoms with E-state index in [9.17, 15) is 0 Å². The molecular weight excluding hydrogens is 160 g/mol. The van der Waals surface area contributed by atoms with Crippen LogP contribution in [-0.2, 0) is 0 Å². The second-order valence-electron chi connectivity index (χ2n) is 4.87. The second-order valence-corrected chi connectivity index (χ2v) is 4.87. The Labute approximate surface area is 81.7 Å². The molecule has 76 valence electrons. The molecule has 2 rings (SSSR count). The highest BCUT2D eigenvalue weighted by molar-refractivity contribution is 4.78. The van der Waals surface area contributed by atoms with Gasteiger partial charge in [-0.25, -0.2) is 0 Å². The minimum absolute atomic E-state index is 0.936. The van der Waals surface area contributed by atoms with Crippen LogP contribution in [0.2, 0.25) is 0 Å². The van der Waals surface area contributed by atoms with Crippen LogP contribution in [0.5, 0.6) is 0 Å². The van der Waals surface area contributed by atoms with Gasteiger partial charge in [0.2, 0.25) is 0 Å². The highest BCUT2D eigenvalue weighted by atomic mass is 15.1. The summed E-state index contributed by atoms with van der Waals surface area (Å²) < 4.78 is 0. The van der Waals surface area contributed by atoms with Crippen molar-refractivity contribution >= 4 is 0 Å². The van der Waals surface area contributed by atoms with Crippen molar-refractivity contribution in [2.45, 2.75) is 25.7 Å². The molecule has 0 bridgehead atoms. The first-order valence-corrected chi connectivity index (χ1v) is 5.74. The summed E-state index contributed by atoms with van der Waals surface area (Å²) in [5.74, 6) is 2.01. The third-order valence-corrected chi connectivity index (χ3v) is 3.58. The molecule has 13 heavy (non-hydrogen) atoms. The van der Waals surface area contributed by atoms with E-state index in [1.807, 2.05) is 0 Å². The molecule has 1 aliphatic heterocycles. The van der Waals surface area contributed by atoms with E-state index in [0.717, 1.165) is 11.8 Å². The molecule has 1 aliphatic carbocycles. The fourth-order valence-corrected chi connectivity index (χ4v) is 2.19. The van der Waals surface area contributed by atoms with Gasteiger partial charge in [0.15, 0.2) is 0 Å². The van der Waals surface area contributed by atoms with Crippen LogP contribution in [0, 0.1) is 11.8 Å². The van der Waals surface area contributed by atoms with Crippen molar-refractivity contribution in [3.05, 3.63) is 0 Å². The first kappa shape index (κ1) is 9.47. The van der Waals surface area contributed by atoms with Gasteiger partial charge in [-0.1, -0.05) is 19.3 Å². The Balaban J connectivity index is 1.52. The summed E-state index contributed by atoms with van der Waals surface area (Å²) in [4.78, 5) is 2.52. The van der Waals surface area contributed by atoms with Gasteiger partial charge < -0.3 is 10.2 Å². The number of nitrogens with one attached hydrogen (secondary N) is 1. The standard InChI is InChI=1S/C11H22N2/c1-13(9-11-7-12-8-11)6-5-10-3-2-4-10/h10-12H,2-9H2,1H3. The Hall–Kier alpha value is -0.0800. The molecule has 0 atom stereocenters. The van der Waals surface area contributed by atoms with Crippen molar-refractivity contribution in [3.63, 3.8) is 0 Å². The zero-order chi connectivity index (χ0) is 9.10. The first-order valence-electron chi connectivity index (χ1n) is 5.74. The summed E-state index contributed by atoms with van der Waals surface area (Å²) in [5.41, 5.74) is 0. The lowest BCUT2D eigenvalue weighted by Gasteiger charge is -2.33. The van der Waals surface area contributed by atoms with Crippen molar-refractivity contribution < 1.29 is 0 Å². The number of hydrogen-bond acceptors (Lipinski definition) is 2. The van der Waals surface area contributed by atoms with E-state index in [-0.39, 0.29) is 0 Å². The first-order chi connectivity index (χ1) is 6.34. The Morgan fingerprint density at radius 2 is 2.00 bits per heavy atom. The largest absolute Gasteiger partial charge is 0.316 e. The van der Waals surface area contributed by atoms with Crippen LogP contribution in [-0.4, -0.2) is 38.1 Å². The molecule has 1 saturated heterocycles. The van der Waals surface area contributed by atoms with Crippen molar-refractivity contribution in [2.24, 2.45) is 11.8 Å². The Bertz CT molecular complexity index is 150. The van der Waals surface area contributed by atoms with Gasteiger partial charge in [0.05, 0.1) is 0 Å². The van der Waals surface area contributed by atoms with E-state index < -0.39 is 0 Å². The molecule has 2 fully saturated rings. The van der Waals surface area contributed by atoms with Crippen LogP contribution in [0.1, 0.15) is 25.7 Å². The molecule has 0 radical (unpaired) electrons. The predicted molar refractivity (Wildman–Crippen MR) is 55.8 cm³/mol. The quantitative estimate of drug-likeness (QED) is 0.690. The predicted octanol–water partition coefficient (Wildman–Crippen LogP) is 1.33. The summed E-state index contributed by atoms with van der Waals surface area (Å²) in [6, 6.07) is 0. The van der Waals surface area contributed by atoms with Gasteiger partial charge in [0, 0.05) is 19.6 Å². The lowest BCUT2D eigenvalue weighted by molar-refractivity contribution is 0.194. The average Bonchev–Trinajstić information content (AvgIpc) is 1.94. The van der Waals surface area contributed by atoms with Gasteiger partial charge in [0.25, 0.3) is 0 Å². The Kier molecular flexibility index (Phi) is 3.23.